The molecule has 0 aliphatic heterocycles. The minimum absolute atomic E-state index is 0.298. The Morgan fingerprint density at radius 1 is 1.67 bits per heavy atom. The van der Waals surface area contributed by atoms with Crippen molar-refractivity contribution in [1.82, 2.24) is 0 Å². The van der Waals surface area contributed by atoms with E-state index in [0.29, 0.717) is 17.6 Å². The largest absolute Gasteiger partial charge is 0.446 e. The molecule has 0 bridgehead atoms. The van der Waals surface area contributed by atoms with Gasteiger partial charge in [0.1, 0.15) is 0 Å². The molecule has 0 saturated carbocycles. The van der Waals surface area contributed by atoms with Crippen molar-refractivity contribution in [1.29, 1.82) is 0 Å². The van der Waals surface area contributed by atoms with E-state index in [0.717, 1.165) is 0 Å². The summed E-state index contributed by atoms with van der Waals surface area (Å²) in [5.41, 5.74) is -0.270. The van der Waals surface area contributed by atoms with E-state index in [1.54, 1.807) is 6.92 Å². The van der Waals surface area contributed by atoms with Gasteiger partial charge in [-0.1, -0.05) is 11.6 Å². The Morgan fingerprint density at radius 2 is 2.25 bits per heavy atom. The van der Waals surface area contributed by atoms with Crippen LogP contribution in [0.2, 0.25) is 0 Å². The minimum atomic E-state index is -0.568. The summed E-state index contributed by atoms with van der Waals surface area (Å²) < 4.78 is 8.76. The SMILES string of the molecule is C=C(C)C(=O)OC(C)SOOO. The summed E-state index contributed by atoms with van der Waals surface area (Å²) in [5.74, 6) is -0.517. The highest BCUT2D eigenvalue weighted by Gasteiger charge is 2.11. The normalized spacial score (nSPS) is 12.2. The summed E-state index contributed by atoms with van der Waals surface area (Å²) in [4.78, 5) is 10.8. The number of hydrogen-bond acceptors (Lipinski definition) is 6. The first-order valence-electron chi connectivity index (χ1n) is 3.08. The average molecular weight is 194 g/mol. The topological polar surface area (TPSA) is 65.0 Å². The maximum Gasteiger partial charge on any atom is 0.334 e. The molecule has 1 N–H and O–H groups in total. The van der Waals surface area contributed by atoms with E-state index < -0.39 is 11.4 Å². The lowest BCUT2D eigenvalue weighted by molar-refractivity contribution is -0.432. The van der Waals surface area contributed by atoms with Gasteiger partial charge >= 0.3 is 5.97 Å². The minimum Gasteiger partial charge on any atom is -0.446 e. The number of hydrogen-bond donors (Lipinski definition) is 1. The van der Waals surface area contributed by atoms with Gasteiger partial charge in [0.05, 0.1) is 12.0 Å². The molecule has 70 valence electrons. The summed E-state index contributed by atoms with van der Waals surface area (Å²) in [6.45, 7) is 6.47. The first kappa shape index (κ1) is 11.4. The Morgan fingerprint density at radius 3 is 2.67 bits per heavy atom. The molecule has 12 heavy (non-hydrogen) atoms. The zero-order valence-corrected chi connectivity index (χ0v) is 7.59. The molecule has 0 aromatic rings. The third-order valence-corrected chi connectivity index (χ3v) is 1.33. The van der Waals surface area contributed by atoms with Gasteiger partial charge in [-0.15, -0.1) is 4.33 Å². The van der Waals surface area contributed by atoms with Gasteiger partial charge in [-0.25, -0.2) is 10.1 Å². The van der Waals surface area contributed by atoms with Crippen molar-refractivity contribution >= 4 is 18.0 Å². The smallest absolute Gasteiger partial charge is 0.334 e. The maximum atomic E-state index is 10.8. The molecule has 0 radical (unpaired) electrons. The van der Waals surface area contributed by atoms with E-state index >= 15 is 0 Å². The van der Waals surface area contributed by atoms with Crippen molar-refractivity contribution in [2.75, 3.05) is 0 Å². The van der Waals surface area contributed by atoms with Crippen LogP contribution in [-0.2, 0) is 18.9 Å². The number of carbonyl (C=O) groups excluding carboxylic acids is 1. The zero-order chi connectivity index (χ0) is 9.56. The van der Waals surface area contributed by atoms with Crippen molar-refractivity contribution in [2.24, 2.45) is 0 Å². The summed E-state index contributed by atoms with van der Waals surface area (Å²) in [6, 6.07) is 0. The maximum absolute atomic E-state index is 10.8. The van der Waals surface area contributed by atoms with E-state index in [-0.39, 0.29) is 0 Å². The predicted octanol–water partition coefficient (Wildman–Crippen LogP) is 1.52. The monoisotopic (exact) mass is 194 g/mol. The van der Waals surface area contributed by atoms with Crippen molar-refractivity contribution < 1.29 is 24.2 Å². The average Bonchev–Trinajstić information content (AvgIpc) is 2.00. The van der Waals surface area contributed by atoms with Gasteiger partial charge in [0.15, 0.2) is 5.44 Å². The Balaban J connectivity index is 3.61. The Hall–Kier alpha value is -0.560. The van der Waals surface area contributed by atoms with E-state index in [9.17, 15) is 4.79 Å². The highest BCUT2D eigenvalue weighted by molar-refractivity contribution is 7.95. The highest BCUT2D eigenvalue weighted by Crippen LogP contribution is 2.13. The Bertz CT molecular complexity index is 169. The molecule has 0 saturated heterocycles. The van der Waals surface area contributed by atoms with E-state index in [1.165, 1.54) is 6.92 Å². The standard InChI is InChI=1S/C6H10O5S/c1-4(2)6(7)9-5(3)12-11-10-8/h5,8H,1H2,2-3H3. The van der Waals surface area contributed by atoms with Crippen LogP contribution in [0.25, 0.3) is 0 Å². The molecule has 0 aromatic carbocycles. The van der Waals surface area contributed by atoms with Crippen molar-refractivity contribution in [3.63, 3.8) is 0 Å². The molecule has 0 rings (SSSR count). The van der Waals surface area contributed by atoms with Crippen LogP contribution >= 0.6 is 12.0 Å². The van der Waals surface area contributed by atoms with Gasteiger partial charge in [0, 0.05) is 5.57 Å². The fraction of sp³-hybridized carbons (Fsp3) is 0.500. The molecule has 6 heteroatoms. The van der Waals surface area contributed by atoms with Crippen LogP contribution in [0.3, 0.4) is 0 Å². The molecule has 0 aromatic heterocycles. The molecule has 5 nitrogen and oxygen atoms in total. The second kappa shape index (κ2) is 6.01. The third kappa shape index (κ3) is 5.14. The fourth-order valence-electron chi connectivity index (χ4n) is 0.344. The summed E-state index contributed by atoms with van der Waals surface area (Å²) >= 11 is 0.666. The molecule has 0 fully saturated rings. The summed E-state index contributed by atoms with van der Waals surface area (Å²) in [6.07, 6.45) is 0. The lowest BCUT2D eigenvalue weighted by atomic mass is 10.4. The van der Waals surface area contributed by atoms with Crippen LogP contribution in [0, 0.1) is 0 Å². The molecule has 1 unspecified atom stereocenters. The molecule has 0 spiro atoms. The number of esters is 1. The van der Waals surface area contributed by atoms with Crippen LogP contribution in [0.1, 0.15) is 13.8 Å². The predicted molar refractivity (Wildman–Crippen MR) is 42.8 cm³/mol. The molecule has 0 aliphatic rings. The van der Waals surface area contributed by atoms with Crippen LogP contribution in [0.4, 0.5) is 0 Å². The quantitative estimate of drug-likeness (QED) is 0.179. The van der Waals surface area contributed by atoms with Gasteiger partial charge in [-0.05, 0) is 13.8 Å². The molecule has 0 heterocycles. The van der Waals surface area contributed by atoms with Crippen molar-refractivity contribution in [2.45, 2.75) is 19.3 Å². The van der Waals surface area contributed by atoms with Gasteiger partial charge in [-0.2, -0.15) is 0 Å². The first-order valence-corrected chi connectivity index (χ1v) is 3.88. The molecular formula is C6H10O5S. The second-order valence-electron chi connectivity index (χ2n) is 1.99. The molecular weight excluding hydrogens is 184 g/mol. The van der Waals surface area contributed by atoms with E-state index in [4.69, 9.17) is 9.99 Å². The lowest BCUT2D eigenvalue weighted by Crippen LogP contribution is -2.12. The van der Waals surface area contributed by atoms with Crippen molar-refractivity contribution in [3.05, 3.63) is 12.2 Å². The van der Waals surface area contributed by atoms with Gasteiger partial charge in [0.25, 0.3) is 0 Å². The highest BCUT2D eigenvalue weighted by atomic mass is 32.2. The van der Waals surface area contributed by atoms with Gasteiger partial charge in [0.2, 0.25) is 0 Å². The fourth-order valence-corrected chi connectivity index (χ4v) is 0.616. The summed E-state index contributed by atoms with van der Waals surface area (Å²) in [5, 5.41) is 11.1. The first-order chi connectivity index (χ1) is 5.57. The van der Waals surface area contributed by atoms with Gasteiger partial charge < -0.3 is 4.74 Å². The molecule has 1 atom stereocenters. The van der Waals surface area contributed by atoms with Crippen LogP contribution in [-0.4, -0.2) is 16.7 Å². The number of rotatable bonds is 5. The molecule has 0 amide bonds. The van der Waals surface area contributed by atoms with E-state index in [2.05, 4.69) is 16.0 Å². The van der Waals surface area contributed by atoms with Crippen molar-refractivity contribution in [3.8, 4) is 0 Å². The van der Waals surface area contributed by atoms with Gasteiger partial charge in [-0.3, -0.25) is 0 Å². The van der Waals surface area contributed by atoms with Crippen LogP contribution in [0.15, 0.2) is 12.2 Å². The second-order valence-corrected chi connectivity index (χ2v) is 2.98. The lowest BCUT2D eigenvalue weighted by Gasteiger charge is -2.09. The summed E-state index contributed by atoms with van der Waals surface area (Å²) in [7, 11) is 0. The Labute approximate surface area is 74.4 Å². The number of carbonyl (C=O) groups is 1. The zero-order valence-electron chi connectivity index (χ0n) is 6.77. The number of ether oxygens (including phenoxy) is 1. The van der Waals surface area contributed by atoms with Crippen LogP contribution < -0.4 is 0 Å². The molecule has 0 aliphatic carbocycles. The third-order valence-electron chi connectivity index (χ3n) is 0.827. The Kier molecular flexibility index (Phi) is 5.73. The van der Waals surface area contributed by atoms with E-state index in [1.807, 2.05) is 0 Å². The van der Waals surface area contributed by atoms with Crippen LogP contribution in [0.5, 0.6) is 0 Å².